The van der Waals surface area contributed by atoms with Crippen LogP contribution in [0.5, 0.6) is 0 Å². The maximum atomic E-state index is 12.1. The largest absolute Gasteiger partial charge is 0.330 e. The zero-order valence-electron chi connectivity index (χ0n) is 14.2. The summed E-state index contributed by atoms with van der Waals surface area (Å²) in [5.74, 6) is -0.0727. The molecule has 0 saturated heterocycles. The third-order valence-electron chi connectivity index (χ3n) is 3.84. The Labute approximate surface area is 164 Å². The van der Waals surface area contributed by atoms with Crippen LogP contribution in [0.15, 0.2) is 95.4 Å². The molecule has 5 nitrogen and oxygen atoms in total. The number of carbonyl (C=O) groups is 1. The van der Waals surface area contributed by atoms with Crippen molar-refractivity contribution in [3.8, 4) is 0 Å². The molecule has 6 heteroatoms. The average molecular weight is 423 g/mol. The highest BCUT2D eigenvalue weighted by molar-refractivity contribution is 9.10. The quantitative estimate of drug-likeness (QED) is 0.277. The van der Waals surface area contributed by atoms with Gasteiger partial charge in [0, 0.05) is 46.8 Å². The third kappa shape index (κ3) is 5.12. The molecule has 1 heterocycles. The standard InChI is InChI=1S/C21H15BrN2O3/c22-19-5-3-18(4-6-19)21(25)11-14-23-12-9-17(10-13-23)15-16-1-7-20(8-2-16)24(26)27/h1-15H. The first-order valence-electron chi connectivity index (χ1n) is 8.09. The van der Waals surface area contributed by atoms with Crippen LogP contribution < -0.4 is 0 Å². The highest BCUT2D eigenvalue weighted by Crippen LogP contribution is 2.18. The summed E-state index contributed by atoms with van der Waals surface area (Å²) in [6.45, 7) is 0. The summed E-state index contributed by atoms with van der Waals surface area (Å²) in [6, 6.07) is 13.6. The minimum atomic E-state index is -0.420. The molecule has 27 heavy (non-hydrogen) atoms. The van der Waals surface area contributed by atoms with Crippen LogP contribution in [0.1, 0.15) is 15.9 Å². The predicted octanol–water partition coefficient (Wildman–Crippen LogP) is 5.48. The number of hydrogen-bond donors (Lipinski definition) is 0. The molecular formula is C21H15BrN2O3. The van der Waals surface area contributed by atoms with Gasteiger partial charge in [0.1, 0.15) is 0 Å². The Balaban J connectivity index is 1.62. The molecule has 1 aliphatic rings. The van der Waals surface area contributed by atoms with Gasteiger partial charge in [0.25, 0.3) is 5.69 Å². The zero-order valence-corrected chi connectivity index (χ0v) is 15.7. The molecule has 0 atom stereocenters. The third-order valence-corrected chi connectivity index (χ3v) is 4.37. The number of nitrogens with zero attached hydrogens (tertiary/aromatic N) is 2. The van der Waals surface area contributed by atoms with E-state index in [-0.39, 0.29) is 11.5 Å². The Morgan fingerprint density at radius 1 is 1.00 bits per heavy atom. The van der Waals surface area contributed by atoms with E-state index in [2.05, 4.69) is 15.9 Å². The lowest BCUT2D eigenvalue weighted by molar-refractivity contribution is -0.384. The van der Waals surface area contributed by atoms with Crippen molar-refractivity contribution in [2.24, 2.45) is 0 Å². The number of non-ortho nitro benzene ring substituents is 1. The molecule has 3 rings (SSSR count). The van der Waals surface area contributed by atoms with Crippen LogP contribution >= 0.6 is 15.9 Å². The van der Waals surface area contributed by atoms with E-state index >= 15 is 0 Å². The normalized spacial score (nSPS) is 13.2. The summed E-state index contributed by atoms with van der Waals surface area (Å²) in [4.78, 5) is 24.2. The number of carbonyl (C=O) groups excluding carboxylic acids is 1. The van der Waals surface area contributed by atoms with Gasteiger partial charge in [-0.3, -0.25) is 14.9 Å². The number of ketones is 1. The summed E-state index contributed by atoms with van der Waals surface area (Å²) in [7, 11) is 0. The number of allylic oxidation sites excluding steroid dienone is 4. The highest BCUT2D eigenvalue weighted by Gasteiger charge is 2.05. The van der Waals surface area contributed by atoms with Crippen LogP contribution in [0.4, 0.5) is 5.69 Å². The molecule has 0 aliphatic carbocycles. The van der Waals surface area contributed by atoms with E-state index in [9.17, 15) is 14.9 Å². The molecule has 0 unspecified atom stereocenters. The number of rotatable bonds is 5. The molecule has 0 fully saturated rings. The molecular weight excluding hydrogens is 408 g/mol. The monoisotopic (exact) mass is 422 g/mol. The molecule has 2 aromatic rings. The van der Waals surface area contributed by atoms with Crippen molar-refractivity contribution < 1.29 is 9.72 Å². The van der Waals surface area contributed by atoms with E-state index in [0.29, 0.717) is 5.56 Å². The number of benzene rings is 2. The summed E-state index contributed by atoms with van der Waals surface area (Å²) in [5, 5.41) is 10.7. The first kappa shape index (κ1) is 18.5. The van der Waals surface area contributed by atoms with Crippen molar-refractivity contribution in [3.63, 3.8) is 0 Å². The Kier molecular flexibility index (Phi) is 5.78. The zero-order chi connectivity index (χ0) is 19.2. The molecule has 0 amide bonds. The van der Waals surface area contributed by atoms with Gasteiger partial charge < -0.3 is 4.90 Å². The predicted molar refractivity (Wildman–Crippen MR) is 109 cm³/mol. The SMILES string of the molecule is O=C(C=CN1C=CC(=Cc2ccc([N+](=O)[O-])cc2)C=C1)c1ccc(Br)cc1. The van der Waals surface area contributed by atoms with Gasteiger partial charge >= 0.3 is 0 Å². The Hall–Kier alpha value is -3.25. The second kappa shape index (κ2) is 8.42. The topological polar surface area (TPSA) is 63.5 Å². The lowest BCUT2D eigenvalue weighted by Gasteiger charge is -2.13. The fourth-order valence-corrected chi connectivity index (χ4v) is 2.66. The second-order valence-electron chi connectivity index (χ2n) is 5.76. The second-order valence-corrected chi connectivity index (χ2v) is 6.67. The smallest absolute Gasteiger partial charge is 0.269 e. The van der Waals surface area contributed by atoms with Crippen molar-refractivity contribution in [1.29, 1.82) is 0 Å². The van der Waals surface area contributed by atoms with Crippen molar-refractivity contribution in [2.75, 3.05) is 0 Å². The highest BCUT2D eigenvalue weighted by atomic mass is 79.9. The maximum Gasteiger partial charge on any atom is 0.269 e. The van der Waals surface area contributed by atoms with Crippen LogP contribution in [-0.2, 0) is 0 Å². The van der Waals surface area contributed by atoms with Crippen LogP contribution in [0.3, 0.4) is 0 Å². The summed E-state index contributed by atoms with van der Waals surface area (Å²) in [5.41, 5.74) is 2.52. The van der Waals surface area contributed by atoms with Gasteiger partial charge in [-0.25, -0.2) is 0 Å². The average Bonchev–Trinajstić information content (AvgIpc) is 2.68. The van der Waals surface area contributed by atoms with Gasteiger partial charge in [-0.2, -0.15) is 0 Å². The lowest BCUT2D eigenvalue weighted by Crippen LogP contribution is -2.04. The van der Waals surface area contributed by atoms with Crippen molar-refractivity contribution in [1.82, 2.24) is 4.90 Å². The first-order chi connectivity index (χ1) is 13.0. The van der Waals surface area contributed by atoms with E-state index in [1.54, 1.807) is 35.4 Å². The van der Waals surface area contributed by atoms with Gasteiger partial charge in [0.15, 0.2) is 5.78 Å². The van der Waals surface area contributed by atoms with E-state index in [0.717, 1.165) is 15.6 Å². The van der Waals surface area contributed by atoms with Gasteiger partial charge in [-0.1, -0.05) is 15.9 Å². The Morgan fingerprint density at radius 2 is 1.63 bits per heavy atom. The molecule has 1 aliphatic heterocycles. The van der Waals surface area contributed by atoms with Gasteiger partial charge in [-0.15, -0.1) is 0 Å². The van der Waals surface area contributed by atoms with Crippen molar-refractivity contribution in [3.05, 3.63) is 117 Å². The molecule has 0 bridgehead atoms. The number of nitro groups is 1. The Bertz CT molecular complexity index is 955. The van der Waals surface area contributed by atoms with E-state index < -0.39 is 4.92 Å². The summed E-state index contributed by atoms with van der Waals surface area (Å²) >= 11 is 3.34. The molecule has 0 aromatic heterocycles. The van der Waals surface area contributed by atoms with Crippen molar-refractivity contribution in [2.45, 2.75) is 0 Å². The molecule has 2 aromatic carbocycles. The number of halogens is 1. The molecule has 0 spiro atoms. The van der Waals surface area contributed by atoms with Crippen LogP contribution in [0.2, 0.25) is 0 Å². The fraction of sp³-hybridized carbons (Fsp3) is 0. The van der Waals surface area contributed by atoms with Gasteiger partial charge in [0.05, 0.1) is 4.92 Å². The first-order valence-corrected chi connectivity index (χ1v) is 8.89. The Morgan fingerprint density at radius 3 is 2.22 bits per heavy atom. The fourth-order valence-electron chi connectivity index (χ4n) is 2.39. The molecule has 134 valence electrons. The minimum absolute atomic E-state index is 0.0682. The maximum absolute atomic E-state index is 12.1. The van der Waals surface area contributed by atoms with Crippen LogP contribution in [-0.4, -0.2) is 15.6 Å². The van der Waals surface area contributed by atoms with Crippen LogP contribution in [0.25, 0.3) is 6.08 Å². The summed E-state index contributed by atoms with van der Waals surface area (Å²) < 4.78 is 0.928. The molecule has 0 radical (unpaired) electrons. The lowest BCUT2D eigenvalue weighted by atomic mass is 10.1. The van der Waals surface area contributed by atoms with E-state index in [4.69, 9.17) is 0 Å². The molecule has 0 saturated carbocycles. The van der Waals surface area contributed by atoms with Crippen molar-refractivity contribution >= 4 is 33.5 Å². The van der Waals surface area contributed by atoms with Gasteiger partial charge in [-0.05, 0) is 65.8 Å². The van der Waals surface area contributed by atoms with Gasteiger partial charge in [0.2, 0.25) is 0 Å². The summed E-state index contributed by atoms with van der Waals surface area (Å²) in [6.07, 6.45) is 12.6. The number of nitro benzene ring substituents is 1. The van der Waals surface area contributed by atoms with Crippen LogP contribution in [0, 0.1) is 10.1 Å². The molecule has 0 N–H and O–H groups in total. The van der Waals surface area contributed by atoms with E-state index in [1.165, 1.54) is 18.2 Å². The van der Waals surface area contributed by atoms with E-state index in [1.807, 2.05) is 42.8 Å². The number of hydrogen-bond acceptors (Lipinski definition) is 4. The minimum Gasteiger partial charge on any atom is -0.330 e.